The summed E-state index contributed by atoms with van der Waals surface area (Å²) >= 11 is 1.74. The van der Waals surface area contributed by atoms with E-state index in [1.165, 1.54) is 11.3 Å². The highest BCUT2D eigenvalue weighted by Crippen LogP contribution is 2.28. The van der Waals surface area contributed by atoms with E-state index in [1.54, 1.807) is 35.6 Å². The average molecular weight is 351 g/mol. The van der Waals surface area contributed by atoms with E-state index in [0.717, 1.165) is 37.3 Å². The maximum Gasteiger partial charge on any atom is 0.175 e. The first-order valence-electron chi connectivity index (χ1n) is 7.71. The lowest BCUT2D eigenvalue weighted by molar-refractivity contribution is 0.458. The van der Waals surface area contributed by atoms with Crippen molar-refractivity contribution in [2.24, 2.45) is 0 Å². The monoisotopic (exact) mass is 351 g/mol. The minimum Gasteiger partial charge on any atom is -0.379 e. The van der Waals surface area contributed by atoms with E-state index < -0.39 is 9.84 Å². The highest BCUT2D eigenvalue weighted by atomic mass is 32.2. The summed E-state index contributed by atoms with van der Waals surface area (Å²) in [6.45, 7) is 2.80. The van der Waals surface area contributed by atoms with Gasteiger partial charge in [0, 0.05) is 23.2 Å². The highest BCUT2D eigenvalue weighted by molar-refractivity contribution is 7.90. The molecule has 23 heavy (non-hydrogen) atoms. The predicted molar refractivity (Wildman–Crippen MR) is 93.8 cm³/mol. The first-order chi connectivity index (χ1) is 11.0. The van der Waals surface area contributed by atoms with Crippen molar-refractivity contribution in [3.63, 3.8) is 0 Å². The average Bonchev–Trinajstić information content (AvgIpc) is 3.02. The Morgan fingerprint density at radius 3 is 2.61 bits per heavy atom. The molecule has 2 aromatic rings. The summed E-state index contributed by atoms with van der Waals surface area (Å²) in [6, 6.07) is 6.82. The van der Waals surface area contributed by atoms with Crippen LogP contribution in [0.2, 0.25) is 0 Å². The minimum absolute atomic E-state index is 0.338. The maximum absolute atomic E-state index is 11.4. The molecule has 7 heteroatoms. The van der Waals surface area contributed by atoms with Gasteiger partial charge in [0.25, 0.3) is 0 Å². The van der Waals surface area contributed by atoms with Gasteiger partial charge in [0.15, 0.2) is 9.84 Å². The lowest BCUT2D eigenvalue weighted by atomic mass is 9.99. The van der Waals surface area contributed by atoms with Crippen molar-refractivity contribution in [1.82, 2.24) is 10.3 Å². The number of sulfone groups is 1. The molecule has 0 atom stereocenters. The lowest BCUT2D eigenvalue weighted by Crippen LogP contribution is -2.26. The molecule has 2 N–H and O–H groups in total. The SMILES string of the molecule is CS(=O)(=O)c1ccc(NCc2csc(C3CCNCC3)n2)cc1. The Morgan fingerprint density at radius 2 is 1.96 bits per heavy atom. The van der Waals surface area contributed by atoms with E-state index >= 15 is 0 Å². The summed E-state index contributed by atoms with van der Waals surface area (Å²) < 4.78 is 22.9. The van der Waals surface area contributed by atoms with E-state index in [4.69, 9.17) is 4.98 Å². The zero-order valence-corrected chi connectivity index (χ0v) is 14.7. The van der Waals surface area contributed by atoms with E-state index in [2.05, 4.69) is 16.0 Å². The zero-order valence-electron chi connectivity index (χ0n) is 13.1. The molecule has 0 amide bonds. The summed E-state index contributed by atoms with van der Waals surface area (Å²) in [5.41, 5.74) is 1.93. The molecule has 1 fully saturated rings. The molecular formula is C16H21N3O2S2. The Kier molecular flexibility index (Phi) is 4.99. The second-order valence-corrected chi connectivity index (χ2v) is 8.76. The molecule has 0 unspecified atom stereocenters. The second kappa shape index (κ2) is 6.98. The zero-order chi connectivity index (χ0) is 16.3. The van der Waals surface area contributed by atoms with Gasteiger partial charge in [-0.15, -0.1) is 11.3 Å². The van der Waals surface area contributed by atoms with E-state index in [9.17, 15) is 8.42 Å². The Bertz CT molecular complexity index is 748. The molecule has 1 aliphatic rings. The van der Waals surface area contributed by atoms with Crippen LogP contribution in [-0.2, 0) is 16.4 Å². The van der Waals surface area contributed by atoms with Crippen molar-refractivity contribution in [3.05, 3.63) is 40.3 Å². The van der Waals surface area contributed by atoms with Crippen LogP contribution in [0.3, 0.4) is 0 Å². The molecular weight excluding hydrogens is 330 g/mol. The standard InChI is InChI=1S/C16H21N3O2S2/c1-23(20,21)15-4-2-13(3-5-15)18-10-14-11-22-16(19-14)12-6-8-17-9-7-12/h2-5,11-12,17-18H,6-10H2,1H3. The summed E-state index contributed by atoms with van der Waals surface area (Å²) in [7, 11) is -3.14. The molecule has 2 heterocycles. The Hall–Kier alpha value is -1.44. The Labute approximate surface area is 141 Å². The molecule has 0 bridgehead atoms. The predicted octanol–water partition coefficient (Wildman–Crippen LogP) is 2.63. The second-order valence-electron chi connectivity index (χ2n) is 5.85. The van der Waals surface area contributed by atoms with Crippen molar-refractivity contribution in [2.45, 2.75) is 30.2 Å². The first-order valence-corrected chi connectivity index (χ1v) is 10.5. The van der Waals surface area contributed by atoms with Crippen molar-refractivity contribution in [2.75, 3.05) is 24.7 Å². The molecule has 0 spiro atoms. The lowest BCUT2D eigenvalue weighted by Gasteiger charge is -2.20. The topological polar surface area (TPSA) is 71.1 Å². The molecule has 1 saturated heterocycles. The molecule has 1 aromatic heterocycles. The first kappa shape index (κ1) is 16.4. The molecule has 124 valence electrons. The maximum atomic E-state index is 11.4. The molecule has 5 nitrogen and oxygen atoms in total. The van der Waals surface area contributed by atoms with Crippen LogP contribution in [0.5, 0.6) is 0 Å². The number of hydrogen-bond donors (Lipinski definition) is 2. The van der Waals surface area contributed by atoms with Crippen molar-refractivity contribution in [1.29, 1.82) is 0 Å². The van der Waals surface area contributed by atoms with Crippen molar-refractivity contribution >= 4 is 26.9 Å². The van der Waals surface area contributed by atoms with Crippen LogP contribution in [0.15, 0.2) is 34.5 Å². The van der Waals surface area contributed by atoms with E-state index in [1.807, 2.05) is 0 Å². The van der Waals surface area contributed by atoms with Gasteiger partial charge in [0.05, 0.1) is 22.1 Å². The highest BCUT2D eigenvalue weighted by Gasteiger charge is 2.18. The van der Waals surface area contributed by atoms with Crippen molar-refractivity contribution in [3.8, 4) is 0 Å². The molecule has 3 rings (SSSR count). The summed E-state index contributed by atoms with van der Waals surface area (Å²) in [5.74, 6) is 0.587. The Balaban J connectivity index is 1.59. The van der Waals surface area contributed by atoms with Gasteiger partial charge in [-0.1, -0.05) is 0 Å². The summed E-state index contributed by atoms with van der Waals surface area (Å²) in [5, 5.41) is 10.0. The fourth-order valence-electron chi connectivity index (χ4n) is 2.67. The number of thiazole rings is 1. The normalized spacial score (nSPS) is 16.4. The smallest absolute Gasteiger partial charge is 0.175 e. The summed E-state index contributed by atoms with van der Waals surface area (Å²) in [4.78, 5) is 5.08. The molecule has 1 aromatic carbocycles. The summed E-state index contributed by atoms with van der Waals surface area (Å²) in [6.07, 6.45) is 3.54. The van der Waals surface area contributed by atoms with Gasteiger partial charge in [0.1, 0.15) is 0 Å². The molecule has 0 radical (unpaired) electrons. The minimum atomic E-state index is -3.14. The van der Waals surface area contributed by atoms with E-state index in [0.29, 0.717) is 17.4 Å². The number of piperidine rings is 1. The third-order valence-corrected chi connectivity index (χ3v) is 6.20. The number of hydrogen-bond acceptors (Lipinski definition) is 6. The molecule has 0 saturated carbocycles. The third kappa shape index (κ3) is 4.31. The largest absolute Gasteiger partial charge is 0.379 e. The van der Waals surface area contributed by atoms with Gasteiger partial charge in [-0.3, -0.25) is 0 Å². The van der Waals surface area contributed by atoms with E-state index in [-0.39, 0.29) is 0 Å². The Morgan fingerprint density at radius 1 is 1.26 bits per heavy atom. The van der Waals surface area contributed by atoms with Crippen molar-refractivity contribution < 1.29 is 8.42 Å². The van der Waals surface area contributed by atoms with Gasteiger partial charge in [0.2, 0.25) is 0 Å². The van der Waals surface area contributed by atoms with Crippen LogP contribution < -0.4 is 10.6 Å². The number of nitrogens with zero attached hydrogens (tertiary/aromatic N) is 1. The fraction of sp³-hybridized carbons (Fsp3) is 0.438. The third-order valence-electron chi connectivity index (χ3n) is 4.01. The quantitative estimate of drug-likeness (QED) is 0.866. The van der Waals surface area contributed by atoms with Gasteiger partial charge < -0.3 is 10.6 Å². The van der Waals surface area contributed by atoms with Gasteiger partial charge in [-0.2, -0.15) is 0 Å². The van der Waals surface area contributed by atoms with Crippen LogP contribution in [0, 0.1) is 0 Å². The van der Waals surface area contributed by atoms with Crippen LogP contribution in [0.1, 0.15) is 29.5 Å². The number of anilines is 1. The number of nitrogens with one attached hydrogen (secondary N) is 2. The van der Waals surface area contributed by atoms with Crippen LogP contribution in [0.25, 0.3) is 0 Å². The molecule has 1 aliphatic heterocycles. The molecule has 0 aliphatic carbocycles. The fourth-order valence-corrected chi connectivity index (χ4v) is 4.29. The number of benzene rings is 1. The number of rotatable bonds is 5. The number of aromatic nitrogens is 1. The van der Waals surface area contributed by atoms with Crippen LogP contribution in [-0.4, -0.2) is 32.7 Å². The van der Waals surface area contributed by atoms with Gasteiger partial charge in [-0.05, 0) is 50.2 Å². The van der Waals surface area contributed by atoms with Crippen LogP contribution in [0.4, 0.5) is 5.69 Å². The van der Waals surface area contributed by atoms with Gasteiger partial charge in [-0.25, -0.2) is 13.4 Å². The van der Waals surface area contributed by atoms with Gasteiger partial charge >= 0.3 is 0 Å². The van der Waals surface area contributed by atoms with Crippen LogP contribution >= 0.6 is 11.3 Å².